The molecule has 5 nitrogen and oxygen atoms in total. The fourth-order valence-corrected chi connectivity index (χ4v) is 3.11. The lowest BCUT2D eigenvalue weighted by atomic mass is 10.1. The van der Waals surface area contributed by atoms with E-state index >= 15 is 0 Å². The molecule has 0 heterocycles. The lowest BCUT2D eigenvalue weighted by Crippen LogP contribution is -2.40. The molecule has 0 aliphatic carbocycles. The summed E-state index contributed by atoms with van der Waals surface area (Å²) in [5.74, 6) is -1.01. The molecule has 19 heavy (non-hydrogen) atoms. The van der Waals surface area contributed by atoms with Gasteiger partial charge in [0.25, 0.3) is 0 Å². The second-order valence-corrected chi connectivity index (χ2v) is 6.95. The van der Waals surface area contributed by atoms with Gasteiger partial charge >= 0.3 is 5.97 Å². The van der Waals surface area contributed by atoms with Crippen LogP contribution in [0.4, 0.5) is 5.69 Å². The highest BCUT2D eigenvalue weighted by molar-refractivity contribution is 7.91. The number of carboxylic acids is 1. The van der Waals surface area contributed by atoms with Crippen LogP contribution in [0.25, 0.3) is 0 Å². The Morgan fingerprint density at radius 3 is 2.42 bits per heavy atom. The average Bonchev–Trinajstić information content (AvgIpc) is 2.28. The van der Waals surface area contributed by atoms with E-state index in [2.05, 4.69) is 5.32 Å². The number of nitrogens with one attached hydrogen (secondary N) is 1. The fourth-order valence-electron chi connectivity index (χ4n) is 1.61. The van der Waals surface area contributed by atoms with Crippen LogP contribution in [-0.4, -0.2) is 30.8 Å². The molecule has 0 saturated heterocycles. The maximum Gasteiger partial charge on any atom is 0.328 e. The number of carboxylic acid groups (broad SMARTS) is 1. The minimum absolute atomic E-state index is 0.0409. The topological polar surface area (TPSA) is 83.5 Å². The van der Waals surface area contributed by atoms with Gasteiger partial charge < -0.3 is 10.4 Å². The molecule has 0 saturated carbocycles. The van der Waals surface area contributed by atoms with Crippen molar-refractivity contribution in [3.63, 3.8) is 0 Å². The zero-order chi connectivity index (χ0) is 14.7. The summed E-state index contributed by atoms with van der Waals surface area (Å²) >= 11 is 0. The van der Waals surface area contributed by atoms with E-state index in [0.29, 0.717) is 12.1 Å². The molecule has 1 rings (SSSR count). The average molecular weight is 285 g/mol. The number of hydrogen-bond acceptors (Lipinski definition) is 4. The van der Waals surface area contributed by atoms with E-state index in [9.17, 15) is 13.2 Å². The summed E-state index contributed by atoms with van der Waals surface area (Å²) < 4.78 is 24.2. The molecule has 0 atom stereocenters. The van der Waals surface area contributed by atoms with Crippen LogP contribution in [-0.2, 0) is 14.6 Å². The predicted octanol–water partition coefficient (Wildman–Crippen LogP) is 2.15. The van der Waals surface area contributed by atoms with Crippen molar-refractivity contribution < 1.29 is 18.3 Å². The van der Waals surface area contributed by atoms with Crippen molar-refractivity contribution in [2.75, 3.05) is 11.1 Å². The summed E-state index contributed by atoms with van der Waals surface area (Å²) in [6, 6.07) is 6.37. The van der Waals surface area contributed by atoms with Gasteiger partial charge in [-0.05, 0) is 32.4 Å². The third-order valence-corrected chi connectivity index (χ3v) is 4.65. The standard InChI is InChI=1S/C13H19NO4S/c1-4-9-19(17,18)11-8-6-5-7-10(11)14-13(2,3)12(15)16/h5-8,14H,4,9H2,1-3H3,(H,15,16). The molecule has 1 aromatic carbocycles. The van der Waals surface area contributed by atoms with Crippen molar-refractivity contribution in [1.82, 2.24) is 0 Å². The number of rotatable bonds is 6. The molecule has 0 amide bonds. The zero-order valence-corrected chi connectivity index (χ0v) is 12.1. The first-order valence-electron chi connectivity index (χ1n) is 6.04. The normalized spacial score (nSPS) is 12.2. The number of anilines is 1. The molecule has 0 aliphatic rings. The monoisotopic (exact) mass is 285 g/mol. The van der Waals surface area contributed by atoms with Gasteiger partial charge in [0.2, 0.25) is 0 Å². The molecule has 6 heteroatoms. The Morgan fingerprint density at radius 2 is 1.89 bits per heavy atom. The van der Waals surface area contributed by atoms with E-state index in [1.807, 2.05) is 0 Å². The third-order valence-electron chi connectivity index (χ3n) is 2.68. The SMILES string of the molecule is CCCS(=O)(=O)c1ccccc1NC(C)(C)C(=O)O. The lowest BCUT2D eigenvalue weighted by Gasteiger charge is -2.24. The Balaban J connectivity index is 3.21. The maximum absolute atomic E-state index is 12.1. The molecule has 2 N–H and O–H groups in total. The van der Waals surface area contributed by atoms with Gasteiger partial charge in [-0.15, -0.1) is 0 Å². The van der Waals surface area contributed by atoms with Gasteiger partial charge in [-0.25, -0.2) is 13.2 Å². The van der Waals surface area contributed by atoms with Crippen LogP contribution in [0, 0.1) is 0 Å². The molecule has 106 valence electrons. The molecule has 0 bridgehead atoms. The van der Waals surface area contributed by atoms with E-state index in [1.54, 1.807) is 25.1 Å². The number of sulfone groups is 1. The highest BCUT2D eigenvalue weighted by Gasteiger charge is 2.29. The van der Waals surface area contributed by atoms with Crippen molar-refractivity contribution in [3.05, 3.63) is 24.3 Å². The van der Waals surface area contributed by atoms with Crippen molar-refractivity contribution >= 4 is 21.5 Å². The number of aliphatic carboxylic acids is 1. The van der Waals surface area contributed by atoms with Gasteiger partial charge in [0.05, 0.1) is 16.3 Å². The van der Waals surface area contributed by atoms with Gasteiger partial charge in [0, 0.05) is 0 Å². The van der Waals surface area contributed by atoms with Crippen LogP contribution in [0.5, 0.6) is 0 Å². The molecule has 0 aliphatic heterocycles. The van der Waals surface area contributed by atoms with E-state index < -0.39 is 21.3 Å². The number of hydrogen-bond donors (Lipinski definition) is 2. The number of carbonyl (C=O) groups is 1. The van der Waals surface area contributed by atoms with Crippen LogP contribution in [0.3, 0.4) is 0 Å². The van der Waals surface area contributed by atoms with Gasteiger partial charge in [-0.2, -0.15) is 0 Å². The summed E-state index contributed by atoms with van der Waals surface area (Å²) in [4.78, 5) is 11.2. The second-order valence-electron chi connectivity index (χ2n) is 4.87. The number of para-hydroxylation sites is 1. The van der Waals surface area contributed by atoms with Crippen molar-refractivity contribution in [2.24, 2.45) is 0 Å². The molecule has 0 spiro atoms. The van der Waals surface area contributed by atoms with Crippen LogP contribution < -0.4 is 5.32 Å². The van der Waals surface area contributed by atoms with E-state index in [-0.39, 0.29) is 10.6 Å². The summed E-state index contributed by atoms with van der Waals surface area (Å²) in [6.45, 7) is 4.76. The van der Waals surface area contributed by atoms with Crippen LogP contribution in [0.1, 0.15) is 27.2 Å². The molecular weight excluding hydrogens is 266 g/mol. The van der Waals surface area contributed by atoms with Gasteiger partial charge in [0.1, 0.15) is 5.54 Å². The Morgan fingerprint density at radius 1 is 1.32 bits per heavy atom. The smallest absolute Gasteiger partial charge is 0.328 e. The zero-order valence-electron chi connectivity index (χ0n) is 11.3. The van der Waals surface area contributed by atoms with Crippen LogP contribution in [0.15, 0.2) is 29.2 Å². The number of benzene rings is 1. The van der Waals surface area contributed by atoms with E-state index in [1.165, 1.54) is 19.9 Å². The Kier molecular flexibility index (Phi) is 4.57. The quantitative estimate of drug-likeness (QED) is 0.836. The van der Waals surface area contributed by atoms with Crippen molar-refractivity contribution in [1.29, 1.82) is 0 Å². The highest BCUT2D eigenvalue weighted by Crippen LogP contribution is 2.25. The molecular formula is C13H19NO4S. The highest BCUT2D eigenvalue weighted by atomic mass is 32.2. The first kappa shape index (κ1) is 15.5. The molecule has 0 radical (unpaired) electrons. The summed E-state index contributed by atoms with van der Waals surface area (Å²) in [6.07, 6.45) is 0.513. The Labute approximate surface area is 113 Å². The van der Waals surface area contributed by atoms with E-state index in [0.717, 1.165) is 0 Å². The maximum atomic E-state index is 12.1. The molecule has 0 aromatic heterocycles. The Bertz CT molecular complexity index is 564. The summed E-state index contributed by atoms with van der Waals surface area (Å²) in [7, 11) is -3.39. The lowest BCUT2D eigenvalue weighted by molar-refractivity contribution is -0.141. The van der Waals surface area contributed by atoms with Gasteiger partial charge in [-0.3, -0.25) is 0 Å². The van der Waals surface area contributed by atoms with E-state index in [4.69, 9.17) is 5.11 Å². The third kappa shape index (κ3) is 3.70. The van der Waals surface area contributed by atoms with Crippen LogP contribution in [0.2, 0.25) is 0 Å². The largest absolute Gasteiger partial charge is 0.480 e. The second kappa shape index (κ2) is 5.61. The van der Waals surface area contributed by atoms with Crippen LogP contribution >= 0.6 is 0 Å². The summed E-state index contributed by atoms with van der Waals surface area (Å²) in [5.41, 5.74) is -0.916. The predicted molar refractivity (Wildman–Crippen MR) is 74.1 cm³/mol. The van der Waals surface area contributed by atoms with Crippen molar-refractivity contribution in [3.8, 4) is 0 Å². The summed E-state index contributed by atoms with van der Waals surface area (Å²) in [5, 5.41) is 11.9. The molecule has 0 fully saturated rings. The minimum Gasteiger partial charge on any atom is -0.480 e. The van der Waals surface area contributed by atoms with Gasteiger partial charge in [0.15, 0.2) is 9.84 Å². The molecule has 0 unspecified atom stereocenters. The first-order chi connectivity index (χ1) is 8.70. The van der Waals surface area contributed by atoms with Gasteiger partial charge in [-0.1, -0.05) is 19.1 Å². The van der Waals surface area contributed by atoms with Crippen molar-refractivity contribution in [2.45, 2.75) is 37.6 Å². The molecule has 1 aromatic rings. The fraction of sp³-hybridized carbons (Fsp3) is 0.462. The Hall–Kier alpha value is -1.56. The minimum atomic E-state index is -3.39. The first-order valence-corrected chi connectivity index (χ1v) is 7.69.